The Kier molecular flexibility index (Phi) is 4.26. The molecule has 2 amide bonds. The van der Waals surface area contributed by atoms with Gasteiger partial charge in [-0.3, -0.25) is 9.59 Å². The number of carbonyl (C=O) groups excluding carboxylic acids is 2. The molecule has 0 saturated carbocycles. The van der Waals surface area contributed by atoms with Gasteiger partial charge in [0.25, 0.3) is 0 Å². The molecule has 1 rings (SSSR count). The van der Waals surface area contributed by atoms with E-state index >= 15 is 0 Å². The zero-order valence-electron chi connectivity index (χ0n) is 10.7. The minimum atomic E-state index is -0.0920. The van der Waals surface area contributed by atoms with Crippen molar-refractivity contribution in [1.82, 2.24) is 0 Å². The zero-order valence-corrected chi connectivity index (χ0v) is 10.7. The minimum absolute atomic E-state index is 0.0607. The summed E-state index contributed by atoms with van der Waals surface area (Å²) in [5, 5.41) is 2.81. The predicted octanol–water partition coefficient (Wildman–Crippen LogP) is 2.26. The van der Waals surface area contributed by atoms with Crippen LogP contribution < -0.4 is 10.2 Å². The molecule has 17 heavy (non-hydrogen) atoms. The van der Waals surface area contributed by atoms with Crippen molar-refractivity contribution in [3.8, 4) is 0 Å². The van der Waals surface area contributed by atoms with Crippen LogP contribution in [-0.2, 0) is 9.59 Å². The molecule has 0 atom stereocenters. The summed E-state index contributed by atoms with van der Waals surface area (Å²) >= 11 is 0. The SMILES string of the molecule is CC(=O)N(C)c1ccccc1NC(=O)C(C)C. The third-order valence-electron chi connectivity index (χ3n) is 2.52. The fourth-order valence-corrected chi connectivity index (χ4v) is 1.32. The first-order valence-electron chi connectivity index (χ1n) is 5.57. The van der Waals surface area contributed by atoms with Crippen LogP contribution in [0, 0.1) is 5.92 Å². The van der Waals surface area contributed by atoms with Crippen molar-refractivity contribution in [3.63, 3.8) is 0 Å². The molecular formula is C13H18N2O2. The van der Waals surface area contributed by atoms with Gasteiger partial charge in [-0.05, 0) is 12.1 Å². The van der Waals surface area contributed by atoms with Gasteiger partial charge < -0.3 is 10.2 Å². The highest BCUT2D eigenvalue weighted by Crippen LogP contribution is 2.25. The van der Waals surface area contributed by atoms with Crippen molar-refractivity contribution in [3.05, 3.63) is 24.3 Å². The Morgan fingerprint density at radius 2 is 1.82 bits per heavy atom. The monoisotopic (exact) mass is 234 g/mol. The Balaban J connectivity index is 3.00. The van der Waals surface area contributed by atoms with Crippen LogP contribution in [0.5, 0.6) is 0 Å². The second kappa shape index (κ2) is 5.48. The first-order chi connectivity index (χ1) is 7.93. The summed E-state index contributed by atoms with van der Waals surface area (Å²) in [5.74, 6) is -0.226. The molecule has 0 heterocycles. The summed E-state index contributed by atoms with van der Waals surface area (Å²) in [5.41, 5.74) is 1.36. The number of rotatable bonds is 3. The number of amides is 2. The molecule has 92 valence electrons. The van der Waals surface area contributed by atoms with E-state index < -0.39 is 0 Å². The first-order valence-corrected chi connectivity index (χ1v) is 5.57. The summed E-state index contributed by atoms with van der Waals surface area (Å²) in [6.07, 6.45) is 0. The number of nitrogens with one attached hydrogen (secondary N) is 1. The van der Waals surface area contributed by atoms with Gasteiger partial charge in [0, 0.05) is 19.9 Å². The maximum Gasteiger partial charge on any atom is 0.226 e. The van der Waals surface area contributed by atoms with Gasteiger partial charge in [-0.2, -0.15) is 0 Å². The molecule has 0 aromatic heterocycles. The van der Waals surface area contributed by atoms with Crippen molar-refractivity contribution in [2.75, 3.05) is 17.3 Å². The number of benzene rings is 1. The van der Waals surface area contributed by atoms with E-state index in [0.29, 0.717) is 11.4 Å². The summed E-state index contributed by atoms with van der Waals surface area (Å²) in [6.45, 7) is 5.14. The van der Waals surface area contributed by atoms with Gasteiger partial charge in [-0.1, -0.05) is 26.0 Å². The van der Waals surface area contributed by atoms with E-state index in [-0.39, 0.29) is 17.7 Å². The average Bonchev–Trinajstić information content (AvgIpc) is 2.28. The maximum atomic E-state index is 11.6. The van der Waals surface area contributed by atoms with Gasteiger partial charge in [-0.25, -0.2) is 0 Å². The van der Waals surface area contributed by atoms with Crippen molar-refractivity contribution in [2.45, 2.75) is 20.8 Å². The molecule has 0 fully saturated rings. The van der Waals surface area contributed by atoms with Gasteiger partial charge in [-0.15, -0.1) is 0 Å². The van der Waals surface area contributed by atoms with Crippen LogP contribution >= 0.6 is 0 Å². The normalized spacial score (nSPS) is 10.2. The quantitative estimate of drug-likeness (QED) is 0.872. The third kappa shape index (κ3) is 3.31. The molecule has 0 aliphatic carbocycles. The van der Waals surface area contributed by atoms with E-state index in [1.54, 1.807) is 19.2 Å². The Morgan fingerprint density at radius 1 is 1.24 bits per heavy atom. The molecule has 0 unspecified atom stereocenters. The van der Waals surface area contributed by atoms with Crippen LogP contribution in [0.2, 0.25) is 0 Å². The first kappa shape index (κ1) is 13.2. The summed E-state index contributed by atoms with van der Waals surface area (Å²) in [6, 6.07) is 7.25. The summed E-state index contributed by atoms with van der Waals surface area (Å²) in [4.78, 5) is 24.5. The molecule has 4 nitrogen and oxygen atoms in total. The van der Waals surface area contributed by atoms with Gasteiger partial charge in [0.15, 0.2) is 0 Å². The molecule has 0 saturated heterocycles. The van der Waals surface area contributed by atoms with E-state index in [9.17, 15) is 9.59 Å². The maximum absolute atomic E-state index is 11.6. The predicted molar refractivity (Wildman–Crippen MR) is 69.0 cm³/mol. The molecule has 1 aromatic carbocycles. The lowest BCUT2D eigenvalue weighted by molar-refractivity contribution is -0.119. The van der Waals surface area contributed by atoms with Gasteiger partial charge >= 0.3 is 0 Å². The topological polar surface area (TPSA) is 49.4 Å². The number of para-hydroxylation sites is 2. The third-order valence-corrected chi connectivity index (χ3v) is 2.52. The molecule has 0 spiro atoms. The van der Waals surface area contributed by atoms with E-state index in [1.807, 2.05) is 26.0 Å². The second-order valence-electron chi connectivity index (χ2n) is 4.24. The smallest absolute Gasteiger partial charge is 0.226 e. The number of carbonyl (C=O) groups is 2. The van der Waals surface area contributed by atoms with Crippen LogP contribution in [0.4, 0.5) is 11.4 Å². The molecule has 1 N–H and O–H groups in total. The number of hydrogen-bond acceptors (Lipinski definition) is 2. The number of hydrogen-bond donors (Lipinski definition) is 1. The van der Waals surface area contributed by atoms with Crippen LogP contribution in [0.25, 0.3) is 0 Å². The zero-order chi connectivity index (χ0) is 13.0. The van der Waals surface area contributed by atoms with E-state index in [1.165, 1.54) is 11.8 Å². The Morgan fingerprint density at radius 3 is 2.35 bits per heavy atom. The van der Waals surface area contributed by atoms with Crippen molar-refractivity contribution in [2.24, 2.45) is 5.92 Å². The molecule has 1 aromatic rings. The fourth-order valence-electron chi connectivity index (χ4n) is 1.32. The van der Waals surface area contributed by atoms with Crippen LogP contribution in [0.15, 0.2) is 24.3 Å². The standard InChI is InChI=1S/C13H18N2O2/c1-9(2)13(17)14-11-7-5-6-8-12(11)15(4)10(3)16/h5-9H,1-4H3,(H,14,17). The Labute approximate surface area is 102 Å². The molecule has 0 radical (unpaired) electrons. The van der Waals surface area contributed by atoms with Crippen LogP contribution in [0.3, 0.4) is 0 Å². The highest BCUT2D eigenvalue weighted by atomic mass is 16.2. The lowest BCUT2D eigenvalue weighted by atomic mass is 10.2. The van der Waals surface area contributed by atoms with Crippen molar-refractivity contribution < 1.29 is 9.59 Å². The van der Waals surface area contributed by atoms with Crippen LogP contribution in [-0.4, -0.2) is 18.9 Å². The van der Waals surface area contributed by atoms with Gasteiger partial charge in [0.2, 0.25) is 11.8 Å². The number of anilines is 2. The second-order valence-corrected chi connectivity index (χ2v) is 4.24. The van der Waals surface area contributed by atoms with E-state index in [4.69, 9.17) is 0 Å². The van der Waals surface area contributed by atoms with Crippen molar-refractivity contribution in [1.29, 1.82) is 0 Å². The molecule has 0 aliphatic rings. The van der Waals surface area contributed by atoms with E-state index in [2.05, 4.69) is 5.32 Å². The van der Waals surface area contributed by atoms with Gasteiger partial charge in [0.1, 0.15) is 0 Å². The van der Waals surface area contributed by atoms with Crippen LogP contribution in [0.1, 0.15) is 20.8 Å². The summed E-state index contributed by atoms with van der Waals surface area (Å²) < 4.78 is 0. The van der Waals surface area contributed by atoms with Gasteiger partial charge in [0.05, 0.1) is 11.4 Å². The number of nitrogens with zero attached hydrogens (tertiary/aromatic N) is 1. The molecule has 0 aliphatic heterocycles. The fraction of sp³-hybridized carbons (Fsp3) is 0.385. The molecular weight excluding hydrogens is 216 g/mol. The minimum Gasteiger partial charge on any atom is -0.324 e. The lowest BCUT2D eigenvalue weighted by Gasteiger charge is -2.19. The Hall–Kier alpha value is -1.84. The summed E-state index contributed by atoms with van der Waals surface area (Å²) in [7, 11) is 1.68. The lowest BCUT2D eigenvalue weighted by Crippen LogP contribution is -2.25. The Bertz CT molecular complexity index is 427. The highest BCUT2D eigenvalue weighted by Gasteiger charge is 2.13. The average molecular weight is 234 g/mol. The largest absolute Gasteiger partial charge is 0.324 e. The van der Waals surface area contributed by atoms with E-state index in [0.717, 1.165) is 0 Å². The highest BCUT2D eigenvalue weighted by molar-refractivity contribution is 6.00. The molecule has 4 heteroatoms. The molecule has 0 bridgehead atoms. The van der Waals surface area contributed by atoms with Crippen molar-refractivity contribution >= 4 is 23.2 Å².